The van der Waals surface area contributed by atoms with Crippen LogP contribution in [0.4, 0.5) is 0 Å². The molecule has 0 spiro atoms. The summed E-state index contributed by atoms with van der Waals surface area (Å²) >= 11 is 7.29. The third-order valence-corrected chi connectivity index (χ3v) is 7.13. The highest BCUT2D eigenvalue weighted by atomic mass is 35.5. The number of benzene rings is 1. The van der Waals surface area contributed by atoms with Crippen molar-refractivity contribution in [3.63, 3.8) is 0 Å². The molecule has 5 nitrogen and oxygen atoms in total. The van der Waals surface area contributed by atoms with Crippen molar-refractivity contribution >= 4 is 49.0 Å². The van der Waals surface area contributed by atoms with Crippen molar-refractivity contribution in [2.24, 2.45) is 0 Å². The molecule has 120 valence electrons. The topological polar surface area (TPSA) is 83.5 Å². The monoisotopic (exact) mass is 361 g/mol. The van der Waals surface area contributed by atoms with E-state index in [1.807, 2.05) is 6.07 Å². The van der Waals surface area contributed by atoms with Gasteiger partial charge in [0.1, 0.15) is 0 Å². The van der Waals surface area contributed by atoms with Gasteiger partial charge in [-0.25, -0.2) is 13.1 Å². The lowest BCUT2D eigenvalue weighted by molar-refractivity contribution is -0.137. The number of hydrogen-bond donors (Lipinski definition) is 2. The van der Waals surface area contributed by atoms with E-state index in [4.69, 9.17) is 16.7 Å². The lowest BCUT2D eigenvalue weighted by atomic mass is 10.0. The van der Waals surface area contributed by atoms with E-state index < -0.39 is 21.5 Å². The summed E-state index contributed by atoms with van der Waals surface area (Å²) < 4.78 is 28.5. The molecule has 1 heterocycles. The zero-order valence-electron chi connectivity index (χ0n) is 12.1. The number of carboxylic acids is 1. The van der Waals surface area contributed by atoms with E-state index in [0.717, 1.165) is 16.0 Å². The van der Waals surface area contributed by atoms with Crippen LogP contribution in [0.2, 0.25) is 5.02 Å². The van der Waals surface area contributed by atoms with Gasteiger partial charge < -0.3 is 5.11 Å². The zero-order valence-corrected chi connectivity index (χ0v) is 14.5. The van der Waals surface area contributed by atoms with Gasteiger partial charge in [-0.05, 0) is 26.3 Å². The van der Waals surface area contributed by atoms with Gasteiger partial charge in [0.15, 0.2) is 4.21 Å². The van der Waals surface area contributed by atoms with Gasteiger partial charge in [0.25, 0.3) is 10.0 Å². The molecule has 0 atom stereocenters. The Morgan fingerprint density at radius 1 is 1.36 bits per heavy atom. The van der Waals surface area contributed by atoms with Crippen LogP contribution < -0.4 is 4.72 Å². The molecule has 0 aliphatic rings. The van der Waals surface area contributed by atoms with E-state index in [1.165, 1.54) is 0 Å². The molecule has 0 radical (unpaired) electrons. The van der Waals surface area contributed by atoms with Crippen molar-refractivity contribution < 1.29 is 18.3 Å². The molecule has 1 aromatic carbocycles. The predicted molar refractivity (Wildman–Crippen MR) is 88.1 cm³/mol. The minimum Gasteiger partial charge on any atom is -0.481 e. The number of rotatable bonds is 6. The number of hydrogen-bond acceptors (Lipinski definition) is 4. The molecule has 1 aromatic heterocycles. The first-order valence-corrected chi connectivity index (χ1v) is 9.23. The van der Waals surface area contributed by atoms with Gasteiger partial charge in [-0.3, -0.25) is 4.79 Å². The third kappa shape index (κ3) is 3.78. The molecule has 2 aromatic rings. The summed E-state index contributed by atoms with van der Waals surface area (Å²) in [6.07, 6.45) is 0.0692. The highest BCUT2D eigenvalue weighted by molar-refractivity contribution is 7.92. The first kappa shape index (κ1) is 17.2. The summed E-state index contributed by atoms with van der Waals surface area (Å²) in [5, 5.41) is 9.62. The summed E-state index contributed by atoms with van der Waals surface area (Å²) in [4.78, 5) is 10.7. The van der Waals surface area contributed by atoms with Crippen LogP contribution in [-0.4, -0.2) is 25.0 Å². The maximum Gasteiger partial charge on any atom is 0.303 e. The van der Waals surface area contributed by atoms with Crippen LogP contribution in [0.1, 0.15) is 26.7 Å². The van der Waals surface area contributed by atoms with Crippen molar-refractivity contribution in [2.45, 2.75) is 36.4 Å². The quantitative estimate of drug-likeness (QED) is 0.825. The number of aliphatic carboxylic acids is 1. The number of carboxylic acid groups (broad SMARTS) is 1. The molecule has 2 rings (SSSR count). The van der Waals surface area contributed by atoms with E-state index >= 15 is 0 Å². The SMILES string of the molecule is CC(C)(CCC(=O)O)NS(=O)(=O)c1sc2ccccc2c1Cl. The number of fused-ring (bicyclic) bond motifs is 1. The van der Waals surface area contributed by atoms with E-state index in [0.29, 0.717) is 5.39 Å². The fourth-order valence-corrected chi connectivity index (χ4v) is 5.61. The highest BCUT2D eigenvalue weighted by Gasteiger charge is 2.30. The van der Waals surface area contributed by atoms with Crippen LogP contribution in [0.3, 0.4) is 0 Å². The van der Waals surface area contributed by atoms with Crippen LogP contribution in [-0.2, 0) is 14.8 Å². The fourth-order valence-electron chi connectivity index (χ4n) is 2.04. The molecule has 0 unspecified atom stereocenters. The molecule has 22 heavy (non-hydrogen) atoms. The van der Waals surface area contributed by atoms with Crippen molar-refractivity contribution in [1.29, 1.82) is 0 Å². The molecule has 0 aliphatic carbocycles. The summed E-state index contributed by atoms with van der Waals surface area (Å²) in [5.74, 6) is -0.966. The van der Waals surface area contributed by atoms with Gasteiger partial charge in [0.2, 0.25) is 0 Å². The Morgan fingerprint density at radius 2 is 2.00 bits per heavy atom. The number of thiophene rings is 1. The molecule has 2 N–H and O–H groups in total. The summed E-state index contributed by atoms with van der Waals surface area (Å²) in [5.41, 5.74) is -0.878. The van der Waals surface area contributed by atoms with Gasteiger partial charge in [-0.2, -0.15) is 0 Å². The van der Waals surface area contributed by atoms with Crippen LogP contribution in [0.15, 0.2) is 28.5 Å². The Kier molecular flexibility index (Phi) is 4.81. The van der Waals surface area contributed by atoms with Gasteiger partial charge in [-0.1, -0.05) is 29.8 Å². The van der Waals surface area contributed by atoms with E-state index in [9.17, 15) is 13.2 Å². The van der Waals surface area contributed by atoms with Gasteiger partial charge >= 0.3 is 5.97 Å². The second-order valence-corrected chi connectivity index (χ2v) is 8.89. The summed E-state index contributed by atoms with van der Waals surface area (Å²) in [6.45, 7) is 3.30. The van der Waals surface area contributed by atoms with E-state index in [1.54, 1.807) is 32.0 Å². The van der Waals surface area contributed by atoms with Crippen LogP contribution in [0.5, 0.6) is 0 Å². The van der Waals surface area contributed by atoms with Gasteiger partial charge in [0, 0.05) is 22.0 Å². The first-order valence-electron chi connectivity index (χ1n) is 6.55. The number of sulfonamides is 1. The Hall–Kier alpha value is -1.15. The maximum absolute atomic E-state index is 12.6. The average Bonchev–Trinajstić information content (AvgIpc) is 2.74. The van der Waals surface area contributed by atoms with Gasteiger partial charge in [-0.15, -0.1) is 11.3 Å². The largest absolute Gasteiger partial charge is 0.481 e. The van der Waals surface area contributed by atoms with Crippen LogP contribution in [0.25, 0.3) is 10.1 Å². The molecule has 0 saturated carbocycles. The van der Waals surface area contributed by atoms with Crippen molar-refractivity contribution in [3.05, 3.63) is 29.3 Å². The Balaban J connectivity index is 2.33. The Bertz CT molecular complexity index is 811. The Morgan fingerprint density at radius 3 is 2.59 bits per heavy atom. The number of nitrogens with one attached hydrogen (secondary N) is 1. The highest BCUT2D eigenvalue weighted by Crippen LogP contribution is 2.38. The van der Waals surface area contributed by atoms with Crippen molar-refractivity contribution in [2.75, 3.05) is 0 Å². The smallest absolute Gasteiger partial charge is 0.303 e. The average molecular weight is 362 g/mol. The minimum absolute atomic E-state index is 0.0544. The molecule has 0 fully saturated rings. The van der Waals surface area contributed by atoms with Crippen LogP contribution >= 0.6 is 22.9 Å². The fraction of sp³-hybridized carbons (Fsp3) is 0.357. The molecule has 0 amide bonds. The number of halogens is 1. The standard InChI is InChI=1S/C14H16ClNO4S2/c1-14(2,8-7-11(17)18)16-22(19,20)13-12(15)9-5-3-4-6-10(9)21-13/h3-6,16H,7-8H2,1-2H3,(H,17,18). The molecule has 8 heteroatoms. The molecule has 0 bridgehead atoms. The molecular weight excluding hydrogens is 346 g/mol. The third-order valence-electron chi connectivity index (χ3n) is 3.12. The summed E-state index contributed by atoms with van der Waals surface area (Å²) in [7, 11) is -3.81. The van der Waals surface area contributed by atoms with Crippen molar-refractivity contribution in [1.82, 2.24) is 4.72 Å². The molecule has 0 saturated heterocycles. The van der Waals surface area contributed by atoms with Crippen LogP contribution in [0, 0.1) is 0 Å². The second-order valence-electron chi connectivity index (χ2n) is 5.58. The first-order chi connectivity index (χ1) is 10.1. The van der Waals surface area contributed by atoms with Gasteiger partial charge in [0.05, 0.1) is 5.02 Å². The minimum atomic E-state index is -3.81. The predicted octanol–water partition coefficient (Wildman–Crippen LogP) is 3.48. The van der Waals surface area contributed by atoms with E-state index in [2.05, 4.69) is 4.72 Å². The lowest BCUT2D eigenvalue weighted by Crippen LogP contribution is -2.43. The molecular formula is C14H16ClNO4S2. The summed E-state index contributed by atoms with van der Waals surface area (Å²) in [6, 6.07) is 7.18. The second kappa shape index (κ2) is 6.16. The molecule has 0 aliphatic heterocycles. The normalized spacial score (nSPS) is 12.7. The lowest BCUT2D eigenvalue weighted by Gasteiger charge is -2.24. The van der Waals surface area contributed by atoms with Crippen molar-refractivity contribution in [3.8, 4) is 0 Å². The Labute approximate surface area is 138 Å². The van der Waals surface area contributed by atoms with E-state index in [-0.39, 0.29) is 22.1 Å². The maximum atomic E-state index is 12.6. The number of carbonyl (C=O) groups is 1. The zero-order chi connectivity index (χ0) is 16.5.